The van der Waals surface area contributed by atoms with Gasteiger partial charge in [0.2, 0.25) is 0 Å². The Morgan fingerprint density at radius 1 is 1.48 bits per heavy atom. The number of hydrogen-bond donors (Lipinski definition) is 3. The summed E-state index contributed by atoms with van der Waals surface area (Å²) in [7, 11) is 0. The molecule has 1 fully saturated rings. The normalized spacial score (nSPS) is 15.9. The number of rotatable bonds is 7. The Kier molecular flexibility index (Phi) is 6.21. The average molecular weight is 313 g/mol. The van der Waals surface area contributed by atoms with Crippen molar-refractivity contribution in [2.45, 2.75) is 13.3 Å². The van der Waals surface area contributed by atoms with Gasteiger partial charge in [-0.15, -0.1) is 0 Å². The van der Waals surface area contributed by atoms with Crippen LogP contribution in [0.15, 0.2) is 0 Å². The first kappa shape index (κ1) is 16.0. The number of aromatic nitrogens is 1. The van der Waals surface area contributed by atoms with Crippen LogP contribution in [0.25, 0.3) is 0 Å². The van der Waals surface area contributed by atoms with Crippen molar-refractivity contribution in [1.29, 1.82) is 0 Å². The van der Waals surface area contributed by atoms with Crippen LogP contribution in [0.4, 0.5) is 10.9 Å². The van der Waals surface area contributed by atoms with E-state index in [0.29, 0.717) is 22.4 Å². The van der Waals surface area contributed by atoms with E-state index in [1.54, 1.807) is 0 Å². The highest BCUT2D eigenvalue weighted by atomic mass is 32.1. The third-order valence-corrected chi connectivity index (χ3v) is 4.26. The van der Waals surface area contributed by atoms with Crippen LogP contribution in [-0.4, -0.2) is 61.7 Å². The van der Waals surface area contributed by atoms with Gasteiger partial charge in [0.05, 0.1) is 13.2 Å². The van der Waals surface area contributed by atoms with E-state index in [0.717, 1.165) is 45.8 Å². The van der Waals surface area contributed by atoms with Crippen LogP contribution in [-0.2, 0) is 4.74 Å². The Bertz CT molecular complexity index is 459. The standard InChI is InChI=1S/C13H23N5O2S/c1-2-15-13-17-11(14)10(21-13)12(19)16-4-3-5-18-6-8-20-9-7-18/h2-9,14H2,1H3,(H,15,17)(H,16,19). The zero-order valence-electron chi connectivity index (χ0n) is 12.4. The lowest BCUT2D eigenvalue weighted by molar-refractivity contribution is 0.0374. The summed E-state index contributed by atoms with van der Waals surface area (Å²) in [4.78, 5) is 19.0. The molecular weight excluding hydrogens is 290 g/mol. The summed E-state index contributed by atoms with van der Waals surface area (Å²) in [6.45, 7) is 7.91. The van der Waals surface area contributed by atoms with E-state index in [4.69, 9.17) is 10.5 Å². The van der Waals surface area contributed by atoms with Crippen molar-refractivity contribution < 1.29 is 9.53 Å². The SMILES string of the molecule is CCNc1nc(N)c(C(=O)NCCCN2CCOCC2)s1. The van der Waals surface area contributed by atoms with Gasteiger partial charge >= 0.3 is 0 Å². The third-order valence-electron chi connectivity index (χ3n) is 3.23. The van der Waals surface area contributed by atoms with Gasteiger partial charge in [-0.3, -0.25) is 9.69 Å². The molecule has 4 N–H and O–H groups in total. The first-order valence-corrected chi connectivity index (χ1v) is 8.11. The summed E-state index contributed by atoms with van der Waals surface area (Å²) < 4.78 is 5.30. The molecule has 1 aliphatic rings. The van der Waals surface area contributed by atoms with E-state index in [1.165, 1.54) is 11.3 Å². The molecule has 2 rings (SSSR count). The summed E-state index contributed by atoms with van der Waals surface area (Å²) >= 11 is 1.29. The van der Waals surface area contributed by atoms with E-state index in [-0.39, 0.29) is 5.91 Å². The summed E-state index contributed by atoms with van der Waals surface area (Å²) in [6, 6.07) is 0. The van der Waals surface area contributed by atoms with Gasteiger partial charge in [-0.05, 0) is 19.9 Å². The van der Waals surface area contributed by atoms with Crippen LogP contribution in [0.5, 0.6) is 0 Å². The fourth-order valence-corrected chi connectivity index (χ4v) is 3.00. The minimum absolute atomic E-state index is 0.142. The molecule has 0 radical (unpaired) electrons. The molecule has 0 unspecified atom stereocenters. The number of nitrogen functional groups attached to an aromatic ring is 1. The molecule has 0 saturated carbocycles. The summed E-state index contributed by atoms with van der Waals surface area (Å²) in [5.41, 5.74) is 5.77. The lowest BCUT2D eigenvalue weighted by Crippen LogP contribution is -2.38. The lowest BCUT2D eigenvalue weighted by atomic mass is 10.3. The number of ether oxygens (including phenoxy) is 1. The van der Waals surface area contributed by atoms with Crippen LogP contribution in [0.2, 0.25) is 0 Å². The third kappa shape index (κ3) is 4.83. The topological polar surface area (TPSA) is 92.5 Å². The first-order valence-electron chi connectivity index (χ1n) is 7.29. The van der Waals surface area contributed by atoms with E-state index in [9.17, 15) is 4.79 Å². The van der Waals surface area contributed by atoms with Crippen LogP contribution in [0.1, 0.15) is 23.0 Å². The van der Waals surface area contributed by atoms with Gasteiger partial charge in [-0.25, -0.2) is 4.98 Å². The number of morpholine rings is 1. The highest BCUT2D eigenvalue weighted by Crippen LogP contribution is 2.24. The predicted molar refractivity (Wildman–Crippen MR) is 84.9 cm³/mol. The first-order chi connectivity index (χ1) is 10.2. The number of anilines is 2. The number of nitrogens with two attached hydrogens (primary N) is 1. The van der Waals surface area contributed by atoms with Gasteiger partial charge in [-0.2, -0.15) is 0 Å². The molecule has 118 valence electrons. The van der Waals surface area contributed by atoms with E-state index < -0.39 is 0 Å². The van der Waals surface area contributed by atoms with Crippen LogP contribution in [0.3, 0.4) is 0 Å². The predicted octanol–water partition coefficient (Wildman–Crippen LogP) is 0.609. The molecule has 1 aliphatic heterocycles. The number of hydrogen-bond acceptors (Lipinski definition) is 7. The van der Waals surface area contributed by atoms with Crippen LogP contribution < -0.4 is 16.4 Å². The second kappa shape index (κ2) is 8.16. The Morgan fingerprint density at radius 2 is 2.24 bits per heavy atom. The smallest absolute Gasteiger partial charge is 0.265 e. The number of carbonyl (C=O) groups is 1. The van der Waals surface area contributed by atoms with Crippen molar-refractivity contribution in [1.82, 2.24) is 15.2 Å². The van der Waals surface area contributed by atoms with Crippen molar-refractivity contribution in [3.8, 4) is 0 Å². The maximum atomic E-state index is 12.1. The van der Waals surface area contributed by atoms with E-state index in [1.807, 2.05) is 6.92 Å². The highest BCUT2D eigenvalue weighted by Gasteiger charge is 2.16. The largest absolute Gasteiger partial charge is 0.382 e. The molecule has 0 aromatic carbocycles. The van der Waals surface area contributed by atoms with Crippen molar-refractivity contribution in [2.75, 3.05) is 57.0 Å². The number of nitrogens with zero attached hydrogens (tertiary/aromatic N) is 2. The molecule has 21 heavy (non-hydrogen) atoms. The molecule has 0 bridgehead atoms. The van der Waals surface area contributed by atoms with Gasteiger partial charge in [0.15, 0.2) is 5.13 Å². The van der Waals surface area contributed by atoms with E-state index >= 15 is 0 Å². The van der Waals surface area contributed by atoms with Crippen molar-refractivity contribution in [3.63, 3.8) is 0 Å². The minimum Gasteiger partial charge on any atom is -0.382 e. The molecule has 2 heterocycles. The monoisotopic (exact) mass is 313 g/mol. The van der Waals surface area contributed by atoms with Crippen LogP contribution >= 0.6 is 11.3 Å². The van der Waals surface area contributed by atoms with Crippen molar-refractivity contribution in [2.24, 2.45) is 0 Å². The second-order valence-electron chi connectivity index (χ2n) is 4.83. The maximum absolute atomic E-state index is 12.1. The molecule has 1 aromatic rings. The molecule has 7 nitrogen and oxygen atoms in total. The van der Waals surface area contributed by atoms with Crippen molar-refractivity contribution in [3.05, 3.63) is 4.88 Å². The van der Waals surface area contributed by atoms with Gasteiger partial charge < -0.3 is 21.1 Å². The number of amides is 1. The van der Waals surface area contributed by atoms with Gasteiger partial charge in [0, 0.05) is 26.2 Å². The van der Waals surface area contributed by atoms with Crippen LogP contribution in [0, 0.1) is 0 Å². The molecule has 0 aliphatic carbocycles. The Labute approximate surface area is 128 Å². The second-order valence-corrected chi connectivity index (χ2v) is 5.83. The fraction of sp³-hybridized carbons (Fsp3) is 0.692. The fourth-order valence-electron chi connectivity index (χ4n) is 2.13. The minimum atomic E-state index is -0.142. The Balaban J connectivity index is 1.71. The molecule has 8 heteroatoms. The molecule has 1 saturated heterocycles. The van der Waals surface area contributed by atoms with Gasteiger partial charge in [0.1, 0.15) is 10.7 Å². The maximum Gasteiger partial charge on any atom is 0.265 e. The van der Waals surface area contributed by atoms with E-state index in [2.05, 4.69) is 20.5 Å². The zero-order chi connectivity index (χ0) is 15.1. The number of carbonyl (C=O) groups excluding carboxylic acids is 1. The molecule has 0 spiro atoms. The average Bonchev–Trinajstić information content (AvgIpc) is 2.86. The Hall–Kier alpha value is -1.38. The summed E-state index contributed by atoms with van der Waals surface area (Å²) in [5, 5.41) is 6.65. The molecular formula is C13H23N5O2S. The number of thiazole rings is 1. The quantitative estimate of drug-likeness (QED) is 0.639. The lowest BCUT2D eigenvalue weighted by Gasteiger charge is -2.26. The molecule has 1 amide bonds. The van der Waals surface area contributed by atoms with Gasteiger partial charge in [-0.1, -0.05) is 11.3 Å². The molecule has 1 aromatic heterocycles. The number of nitrogens with one attached hydrogen (secondary N) is 2. The molecule has 0 atom stereocenters. The van der Waals surface area contributed by atoms with Gasteiger partial charge in [0.25, 0.3) is 5.91 Å². The Morgan fingerprint density at radius 3 is 2.95 bits per heavy atom. The zero-order valence-corrected chi connectivity index (χ0v) is 13.2. The summed E-state index contributed by atoms with van der Waals surface area (Å²) in [5.74, 6) is 0.151. The summed E-state index contributed by atoms with van der Waals surface area (Å²) in [6.07, 6.45) is 0.921. The van der Waals surface area contributed by atoms with Crippen molar-refractivity contribution >= 4 is 28.2 Å². The highest BCUT2D eigenvalue weighted by molar-refractivity contribution is 7.18.